The highest BCUT2D eigenvalue weighted by atomic mass is 16.5. The zero-order valence-corrected chi connectivity index (χ0v) is 14.2. The van der Waals surface area contributed by atoms with E-state index in [1.807, 2.05) is 23.1 Å². The van der Waals surface area contributed by atoms with Gasteiger partial charge in [0.1, 0.15) is 0 Å². The van der Waals surface area contributed by atoms with Gasteiger partial charge >= 0.3 is 5.97 Å². The van der Waals surface area contributed by atoms with Crippen LogP contribution in [-0.4, -0.2) is 59.9 Å². The maximum absolute atomic E-state index is 12.6. The van der Waals surface area contributed by atoms with Gasteiger partial charge in [0.25, 0.3) is 5.91 Å². The summed E-state index contributed by atoms with van der Waals surface area (Å²) in [5, 5.41) is 0. The Balaban J connectivity index is 1.55. The minimum Gasteiger partial charge on any atom is -0.465 e. The second-order valence-corrected chi connectivity index (χ2v) is 5.96. The molecule has 6 heteroatoms. The maximum Gasteiger partial charge on any atom is 0.337 e. The molecule has 0 atom stereocenters. The van der Waals surface area contributed by atoms with E-state index in [0.717, 1.165) is 25.3 Å². The van der Waals surface area contributed by atoms with Gasteiger partial charge in [0.2, 0.25) is 0 Å². The van der Waals surface area contributed by atoms with Crippen molar-refractivity contribution in [3.8, 4) is 0 Å². The minimum atomic E-state index is -0.401. The van der Waals surface area contributed by atoms with Gasteiger partial charge in [0.15, 0.2) is 0 Å². The van der Waals surface area contributed by atoms with Gasteiger partial charge in [-0.1, -0.05) is 6.07 Å². The van der Waals surface area contributed by atoms with E-state index in [9.17, 15) is 9.59 Å². The van der Waals surface area contributed by atoms with Crippen molar-refractivity contribution >= 4 is 11.9 Å². The van der Waals surface area contributed by atoms with E-state index >= 15 is 0 Å². The Morgan fingerprint density at radius 1 is 1.00 bits per heavy atom. The zero-order chi connectivity index (χ0) is 17.6. The lowest BCUT2D eigenvalue weighted by Gasteiger charge is -2.34. The molecule has 0 aliphatic carbocycles. The summed E-state index contributed by atoms with van der Waals surface area (Å²) in [4.78, 5) is 32.5. The first-order chi connectivity index (χ1) is 12.2. The zero-order valence-electron chi connectivity index (χ0n) is 14.2. The summed E-state index contributed by atoms with van der Waals surface area (Å²) < 4.78 is 4.67. The molecule has 1 fully saturated rings. The Labute approximate surface area is 147 Å². The van der Waals surface area contributed by atoms with Gasteiger partial charge in [-0.3, -0.25) is 14.7 Å². The molecule has 1 aliphatic rings. The number of hydrogen-bond acceptors (Lipinski definition) is 5. The van der Waals surface area contributed by atoms with Crippen molar-refractivity contribution in [1.29, 1.82) is 0 Å². The lowest BCUT2D eigenvalue weighted by Crippen LogP contribution is -2.48. The Hall–Kier alpha value is -2.73. The van der Waals surface area contributed by atoms with E-state index in [1.54, 1.807) is 30.5 Å². The fourth-order valence-corrected chi connectivity index (χ4v) is 2.88. The van der Waals surface area contributed by atoms with Crippen molar-refractivity contribution in [1.82, 2.24) is 14.8 Å². The van der Waals surface area contributed by atoms with E-state index < -0.39 is 5.97 Å². The molecule has 25 heavy (non-hydrogen) atoms. The summed E-state index contributed by atoms with van der Waals surface area (Å²) in [6.45, 7) is 3.82. The van der Waals surface area contributed by atoms with Crippen LogP contribution in [0.2, 0.25) is 0 Å². The number of piperazine rings is 1. The number of nitrogens with zero attached hydrogens (tertiary/aromatic N) is 3. The van der Waals surface area contributed by atoms with E-state index in [1.165, 1.54) is 7.11 Å². The Morgan fingerprint density at radius 3 is 2.28 bits per heavy atom. The van der Waals surface area contributed by atoms with Crippen molar-refractivity contribution in [2.45, 2.75) is 6.54 Å². The molecule has 2 heterocycles. The molecule has 1 amide bonds. The van der Waals surface area contributed by atoms with Gasteiger partial charge < -0.3 is 9.64 Å². The van der Waals surface area contributed by atoms with Crippen LogP contribution >= 0.6 is 0 Å². The highest BCUT2D eigenvalue weighted by Gasteiger charge is 2.22. The number of ether oxygens (including phenoxy) is 1. The predicted octanol–water partition coefficient (Wildman–Crippen LogP) is 1.83. The number of amides is 1. The number of methoxy groups -OCH3 is 1. The summed E-state index contributed by atoms with van der Waals surface area (Å²) in [5.41, 5.74) is 2.07. The lowest BCUT2D eigenvalue weighted by atomic mass is 10.1. The minimum absolute atomic E-state index is 0.00565. The van der Waals surface area contributed by atoms with Crippen LogP contribution in [0.3, 0.4) is 0 Å². The molecule has 1 aromatic carbocycles. The highest BCUT2D eigenvalue weighted by Crippen LogP contribution is 2.12. The van der Waals surface area contributed by atoms with Crippen molar-refractivity contribution < 1.29 is 14.3 Å². The number of carbonyl (C=O) groups excluding carboxylic acids is 2. The van der Waals surface area contributed by atoms with Crippen molar-refractivity contribution in [3.05, 3.63) is 65.5 Å². The largest absolute Gasteiger partial charge is 0.465 e. The second kappa shape index (κ2) is 7.90. The van der Waals surface area contributed by atoms with Gasteiger partial charge in [0, 0.05) is 44.5 Å². The third-order valence-corrected chi connectivity index (χ3v) is 4.32. The van der Waals surface area contributed by atoms with Gasteiger partial charge in [-0.05, 0) is 36.4 Å². The van der Waals surface area contributed by atoms with Crippen LogP contribution in [0.4, 0.5) is 0 Å². The fraction of sp³-hybridized carbons (Fsp3) is 0.316. The van der Waals surface area contributed by atoms with E-state index in [4.69, 9.17) is 0 Å². The SMILES string of the molecule is COC(=O)c1ccc(C(=O)N2CCN(Cc3ccccn3)CC2)cc1. The van der Waals surface area contributed by atoms with Gasteiger partial charge in [-0.2, -0.15) is 0 Å². The standard InChI is InChI=1S/C19H21N3O3/c1-25-19(24)16-7-5-15(6-8-16)18(23)22-12-10-21(11-13-22)14-17-4-2-3-9-20-17/h2-9H,10-14H2,1H3. The molecule has 0 N–H and O–H groups in total. The third kappa shape index (κ3) is 4.22. The normalized spacial score (nSPS) is 15.0. The van der Waals surface area contributed by atoms with Crippen molar-refractivity contribution in [2.75, 3.05) is 33.3 Å². The predicted molar refractivity (Wildman–Crippen MR) is 93.2 cm³/mol. The van der Waals surface area contributed by atoms with Crippen LogP contribution in [0, 0.1) is 0 Å². The van der Waals surface area contributed by atoms with Crippen molar-refractivity contribution in [3.63, 3.8) is 0 Å². The summed E-state index contributed by atoms with van der Waals surface area (Å²) in [7, 11) is 1.34. The molecule has 0 spiro atoms. The van der Waals surface area contributed by atoms with Crippen LogP contribution in [0.25, 0.3) is 0 Å². The molecule has 1 aliphatic heterocycles. The Kier molecular flexibility index (Phi) is 5.40. The van der Waals surface area contributed by atoms with Crippen LogP contribution < -0.4 is 0 Å². The summed E-state index contributed by atoms with van der Waals surface area (Å²) in [5.74, 6) is -0.406. The number of benzene rings is 1. The molecule has 1 aromatic heterocycles. The van der Waals surface area contributed by atoms with Gasteiger partial charge in [-0.25, -0.2) is 4.79 Å². The molecule has 2 aromatic rings. The van der Waals surface area contributed by atoms with Crippen molar-refractivity contribution in [2.24, 2.45) is 0 Å². The molecule has 0 unspecified atom stereocenters. The number of hydrogen-bond donors (Lipinski definition) is 0. The Bertz CT molecular complexity index is 723. The summed E-state index contributed by atoms with van der Waals surface area (Å²) in [6.07, 6.45) is 1.80. The number of esters is 1. The van der Waals surface area contributed by atoms with Gasteiger partial charge in [0.05, 0.1) is 18.4 Å². The first kappa shape index (κ1) is 17.1. The number of pyridine rings is 1. The molecule has 0 radical (unpaired) electrons. The summed E-state index contributed by atoms with van der Waals surface area (Å²) >= 11 is 0. The maximum atomic E-state index is 12.6. The molecule has 3 rings (SSSR count). The molecular formula is C19H21N3O3. The average Bonchev–Trinajstić information content (AvgIpc) is 2.68. The van der Waals surface area contributed by atoms with Crippen LogP contribution in [0.1, 0.15) is 26.4 Å². The van der Waals surface area contributed by atoms with Crippen LogP contribution in [0.15, 0.2) is 48.7 Å². The van der Waals surface area contributed by atoms with Crippen LogP contribution in [-0.2, 0) is 11.3 Å². The first-order valence-corrected chi connectivity index (χ1v) is 8.27. The number of aromatic nitrogens is 1. The lowest BCUT2D eigenvalue weighted by molar-refractivity contribution is 0.0596. The van der Waals surface area contributed by atoms with Gasteiger partial charge in [-0.15, -0.1) is 0 Å². The number of carbonyl (C=O) groups is 2. The fourth-order valence-electron chi connectivity index (χ4n) is 2.88. The van der Waals surface area contributed by atoms with E-state index in [2.05, 4.69) is 14.6 Å². The third-order valence-electron chi connectivity index (χ3n) is 4.32. The quantitative estimate of drug-likeness (QED) is 0.795. The average molecular weight is 339 g/mol. The molecule has 0 saturated carbocycles. The second-order valence-electron chi connectivity index (χ2n) is 5.96. The molecule has 0 bridgehead atoms. The topological polar surface area (TPSA) is 62.7 Å². The smallest absolute Gasteiger partial charge is 0.337 e. The van der Waals surface area contributed by atoms with Crippen LogP contribution in [0.5, 0.6) is 0 Å². The first-order valence-electron chi connectivity index (χ1n) is 8.27. The monoisotopic (exact) mass is 339 g/mol. The summed E-state index contributed by atoms with van der Waals surface area (Å²) in [6, 6.07) is 12.5. The number of rotatable bonds is 4. The van der Waals surface area contributed by atoms with E-state index in [0.29, 0.717) is 24.2 Å². The highest BCUT2D eigenvalue weighted by molar-refractivity contribution is 5.96. The Morgan fingerprint density at radius 2 is 1.68 bits per heavy atom. The molecular weight excluding hydrogens is 318 g/mol. The molecule has 6 nitrogen and oxygen atoms in total. The molecule has 1 saturated heterocycles. The van der Waals surface area contributed by atoms with E-state index in [-0.39, 0.29) is 5.91 Å². The molecule has 130 valence electrons.